The fraction of sp³-hybridized carbons (Fsp3) is 0.263. The minimum absolute atomic E-state index is 0.396. The van der Waals surface area contributed by atoms with Crippen molar-refractivity contribution in [2.75, 3.05) is 13.2 Å². The molecule has 0 heterocycles. The van der Waals surface area contributed by atoms with E-state index in [-0.39, 0.29) is 0 Å². The fourth-order valence-corrected chi connectivity index (χ4v) is 2.32. The smallest absolute Gasteiger partial charge is 0.252 e. The zero-order chi connectivity index (χ0) is 17.9. The van der Waals surface area contributed by atoms with Gasteiger partial charge in [-0.05, 0) is 43.5 Å². The van der Waals surface area contributed by atoms with Crippen molar-refractivity contribution in [1.29, 1.82) is 0 Å². The third-order valence-corrected chi connectivity index (χ3v) is 3.57. The number of carbonyl (C=O) groups is 1. The van der Waals surface area contributed by atoms with Gasteiger partial charge < -0.3 is 20.4 Å². The van der Waals surface area contributed by atoms with Gasteiger partial charge >= 0.3 is 0 Å². The van der Waals surface area contributed by atoms with E-state index in [4.69, 9.17) is 20.4 Å². The summed E-state index contributed by atoms with van der Waals surface area (Å²) in [7, 11) is 0. The Morgan fingerprint density at radius 3 is 2.24 bits per heavy atom. The molecule has 6 nitrogen and oxygen atoms in total. The Morgan fingerprint density at radius 2 is 1.56 bits per heavy atom. The summed E-state index contributed by atoms with van der Waals surface area (Å²) < 4.78 is 11.3. The molecular formula is C19H22N2O4. The molecule has 0 spiro atoms. The molecule has 0 fully saturated rings. The summed E-state index contributed by atoms with van der Waals surface area (Å²) in [6, 6.07) is 14.3. The van der Waals surface area contributed by atoms with Gasteiger partial charge in [-0.1, -0.05) is 29.4 Å². The van der Waals surface area contributed by atoms with Crippen LogP contribution in [0.25, 0.3) is 0 Å². The van der Waals surface area contributed by atoms with Crippen LogP contribution in [-0.4, -0.2) is 30.5 Å². The number of amides is 1. The molecule has 25 heavy (non-hydrogen) atoms. The van der Waals surface area contributed by atoms with Crippen LogP contribution in [0.2, 0.25) is 0 Å². The molecule has 3 N–H and O–H groups in total. The number of benzene rings is 2. The second-order valence-corrected chi connectivity index (χ2v) is 5.40. The number of carbonyl (C=O) groups excluding carboxylic acids is 1. The van der Waals surface area contributed by atoms with Crippen LogP contribution >= 0.6 is 0 Å². The van der Waals surface area contributed by atoms with E-state index in [9.17, 15) is 4.79 Å². The topological polar surface area (TPSA) is 94.1 Å². The van der Waals surface area contributed by atoms with Crippen LogP contribution in [0.5, 0.6) is 11.5 Å². The van der Waals surface area contributed by atoms with E-state index < -0.39 is 5.91 Å². The molecule has 6 heteroatoms. The van der Waals surface area contributed by atoms with Crippen molar-refractivity contribution < 1.29 is 19.5 Å². The normalized spacial score (nSPS) is 10.7. The van der Waals surface area contributed by atoms with Gasteiger partial charge in [0.2, 0.25) is 0 Å². The van der Waals surface area contributed by atoms with E-state index in [0.29, 0.717) is 30.3 Å². The average molecular weight is 342 g/mol. The number of rotatable bonds is 10. The van der Waals surface area contributed by atoms with Crippen LogP contribution in [0.3, 0.4) is 0 Å². The average Bonchev–Trinajstić information content (AvgIpc) is 2.62. The molecule has 0 radical (unpaired) electrons. The molecule has 0 aromatic heterocycles. The Bertz CT molecular complexity index is 716. The van der Waals surface area contributed by atoms with Crippen molar-refractivity contribution in [2.24, 2.45) is 10.9 Å². The van der Waals surface area contributed by atoms with Crippen molar-refractivity contribution in [1.82, 2.24) is 0 Å². The zero-order valence-corrected chi connectivity index (χ0v) is 13.9. The highest BCUT2D eigenvalue weighted by Crippen LogP contribution is 2.18. The highest BCUT2D eigenvalue weighted by Gasteiger charge is 2.07. The maximum absolute atomic E-state index is 11.3. The van der Waals surface area contributed by atoms with E-state index in [1.165, 1.54) is 6.21 Å². The van der Waals surface area contributed by atoms with Crippen molar-refractivity contribution in [3.05, 3.63) is 59.7 Å². The first kappa shape index (κ1) is 18.3. The van der Waals surface area contributed by atoms with Gasteiger partial charge in [0.1, 0.15) is 11.5 Å². The number of nitrogens with two attached hydrogens (primary N) is 1. The highest BCUT2D eigenvalue weighted by molar-refractivity contribution is 5.95. The van der Waals surface area contributed by atoms with Crippen molar-refractivity contribution in [2.45, 2.75) is 19.3 Å². The van der Waals surface area contributed by atoms with Gasteiger partial charge in [0.25, 0.3) is 5.91 Å². The van der Waals surface area contributed by atoms with E-state index in [1.807, 2.05) is 30.3 Å². The quantitative estimate of drug-likeness (QED) is 0.300. The summed E-state index contributed by atoms with van der Waals surface area (Å²) in [6.07, 6.45) is 3.98. The van der Waals surface area contributed by atoms with E-state index in [2.05, 4.69) is 5.16 Å². The van der Waals surface area contributed by atoms with Gasteiger partial charge in [0.15, 0.2) is 0 Å². The molecule has 0 atom stereocenters. The summed E-state index contributed by atoms with van der Waals surface area (Å²) in [5, 5.41) is 11.7. The minimum atomic E-state index is -0.492. The highest BCUT2D eigenvalue weighted by atomic mass is 16.5. The molecule has 2 aromatic carbocycles. The van der Waals surface area contributed by atoms with E-state index >= 15 is 0 Å². The lowest BCUT2D eigenvalue weighted by Crippen LogP contribution is -2.13. The van der Waals surface area contributed by atoms with Crippen LogP contribution in [-0.2, 0) is 0 Å². The SMILES string of the molecule is NC(=O)c1ccccc1OCCCCCOc1ccccc1/C=N/O. The molecule has 0 bridgehead atoms. The molecule has 1 amide bonds. The van der Waals surface area contributed by atoms with E-state index in [0.717, 1.165) is 24.8 Å². The molecule has 0 unspecified atom stereocenters. The third kappa shape index (κ3) is 5.84. The Morgan fingerprint density at radius 1 is 0.960 bits per heavy atom. The summed E-state index contributed by atoms with van der Waals surface area (Å²) >= 11 is 0. The standard InChI is InChI=1S/C19H22N2O4/c20-19(22)16-9-3-5-11-18(16)25-13-7-1-6-12-24-17-10-4-2-8-15(17)14-21-23/h2-5,8-11,14,23H,1,6-7,12-13H2,(H2,20,22)/b21-14+. The van der Waals surface area contributed by atoms with Gasteiger partial charge in [0, 0.05) is 5.56 Å². The molecule has 0 aliphatic carbocycles. The maximum atomic E-state index is 11.3. The van der Waals surface area contributed by atoms with Crippen LogP contribution in [0.4, 0.5) is 0 Å². The van der Waals surface area contributed by atoms with Gasteiger partial charge in [-0.15, -0.1) is 0 Å². The number of unbranched alkanes of at least 4 members (excludes halogenated alkanes) is 2. The van der Waals surface area contributed by atoms with Gasteiger partial charge in [0.05, 0.1) is 25.0 Å². The zero-order valence-electron chi connectivity index (χ0n) is 13.9. The van der Waals surface area contributed by atoms with Crippen LogP contribution in [0.15, 0.2) is 53.7 Å². The number of nitrogens with zero attached hydrogens (tertiary/aromatic N) is 1. The molecule has 0 saturated heterocycles. The maximum Gasteiger partial charge on any atom is 0.252 e. The number of ether oxygens (including phenoxy) is 2. The first-order valence-corrected chi connectivity index (χ1v) is 8.13. The predicted molar refractivity (Wildman–Crippen MR) is 95.6 cm³/mol. The van der Waals surface area contributed by atoms with Crippen LogP contribution in [0.1, 0.15) is 35.2 Å². The van der Waals surface area contributed by atoms with Crippen molar-refractivity contribution in [3.8, 4) is 11.5 Å². The molecule has 132 valence electrons. The number of hydrogen-bond acceptors (Lipinski definition) is 5. The molecule has 0 saturated carbocycles. The molecule has 0 aliphatic rings. The van der Waals surface area contributed by atoms with E-state index in [1.54, 1.807) is 18.2 Å². The first-order valence-electron chi connectivity index (χ1n) is 8.13. The second kappa shape index (κ2) is 9.97. The summed E-state index contributed by atoms with van der Waals surface area (Å²) in [5.74, 6) is 0.712. The molecule has 2 rings (SSSR count). The second-order valence-electron chi connectivity index (χ2n) is 5.40. The van der Waals surface area contributed by atoms with Crippen LogP contribution < -0.4 is 15.2 Å². The Labute approximate surface area is 146 Å². The van der Waals surface area contributed by atoms with Gasteiger partial charge in [-0.2, -0.15) is 0 Å². The largest absolute Gasteiger partial charge is 0.493 e. The number of oxime groups is 1. The number of primary amides is 1. The number of para-hydroxylation sites is 2. The Hall–Kier alpha value is -3.02. The van der Waals surface area contributed by atoms with Crippen molar-refractivity contribution >= 4 is 12.1 Å². The summed E-state index contributed by atoms with van der Waals surface area (Å²) in [6.45, 7) is 1.08. The summed E-state index contributed by atoms with van der Waals surface area (Å²) in [4.78, 5) is 11.3. The van der Waals surface area contributed by atoms with Crippen LogP contribution in [0, 0.1) is 0 Å². The lowest BCUT2D eigenvalue weighted by Gasteiger charge is -2.10. The third-order valence-electron chi connectivity index (χ3n) is 3.57. The molecule has 2 aromatic rings. The lowest BCUT2D eigenvalue weighted by molar-refractivity contribution is 0.0996. The van der Waals surface area contributed by atoms with Crippen molar-refractivity contribution in [3.63, 3.8) is 0 Å². The Balaban J connectivity index is 1.67. The minimum Gasteiger partial charge on any atom is -0.493 e. The Kier molecular flexibility index (Phi) is 7.31. The van der Waals surface area contributed by atoms with Gasteiger partial charge in [-0.3, -0.25) is 4.79 Å². The molecular weight excluding hydrogens is 320 g/mol. The monoisotopic (exact) mass is 342 g/mol. The molecule has 0 aliphatic heterocycles. The number of hydrogen-bond donors (Lipinski definition) is 2. The summed E-state index contributed by atoms with van der Waals surface area (Å²) in [5.41, 5.74) is 6.44. The van der Waals surface area contributed by atoms with Gasteiger partial charge in [-0.25, -0.2) is 0 Å². The lowest BCUT2D eigenvalue weighted by atomic mass is 10.2. The predicted octanol–water partition coefficient (Wildman–Crippen LogP) is 3.22. The first-order chi connectivity index (χ1) is 12.2. The fourth-order valence-electron chi connectivity index (χ4n) is 2.32.